The van der Waals surface area contributed by atoms with Crippen molar-refractivity contribution in [2.75, 3.05) is 25.1 Å². The number of carbonyl (C=O) groups excluding carboxylic acids is 1. The first kappa shape index (κ1) is 21.0. The molecule has 0 radical (unpaired) electrons. The van der Waals surface area contributed by atoms with Crippen molar-refractivity contribution in [3.05, 3.63) is 47.8 Å². The second kappa shape index (κ2) is 8.46. The summed E-state index contributed by atoms with van der Waals surface area (Å²) >= 11 is 0. The third-order valence-corrected chi connectivity index (χ3v) is 6.00. The summed E-state index contributed by atoms with van der Waals surface area (Å²) in [6.45, 7) is 0.983. The lowest BCUT2D eigenvalue weighted by molar-refractivity contribution is -0.134. The number of alkyl halides is 2. The average Bonchev–Trinajstić information content (AvgIpc) is 3.06. The second-order valence-electron chi connectivity index (χ2n) is 7.90. The molecule has 9 heteroatoms. The van der Waals surface area contributed by atoms with Gasteiger partial charge < -0.3 is 14.5 Å². The lowest BCUT2D eigenvalue weighted by Crippen LogP contribution is -2.55. The molecule has 0 saturated carbocycles. The summed E-state index contributed by atoms with van der Waals surface area (Å²) < 4.78 is 34.2. The molecule has 0 aliphatic carbocycles. The van der Waals surface area contributed by atoms with E-state index in [1.165, 1.54) is 25.4 Å². The number of carbonyl (C=O) groups is 1. The number of rotatable bonds is 6. The number of ether oxygens (including phenoxy) is 1. The molecule has 162 valence electrons. The third-order valence-electron chi connectivity index (χ3n) is 6.00. The monoisotopic (exact) mass is 427 g/mol. The topological polar surface area (TPSA) is 82.4 Å². The zero-order valence-electron chi connectivity index (χ0n) is 17.2. The normalized spacial score (nSPS) is 20.5. The summed E-state index contributed by atoms with van der Waals surface area (Å²) in [5.74, 6) is -2.49. The van der Waals surface area contributed by atoms with Crippen LogP contribution in [0.2, 0.25) is 0 Å². The molecular weight excluding hydrogens is 404 g/mol. The summed E-state index contributed by atoms with van der Waals surface area (Å²) in [6, 6.07) is 8.27. The summed E-state index contributed by atoms with van der Waals surface area (Å²) in [7, 11) is 1.37. The number of fused-ring (bicyclic) bond motifs is 2. The lowest BCUT2D eigenvalue weighted by atomic mass is 10.0. The highest BCUT2D eigenvalue weighted by molar-refractivity contribution is 5.77. The van der Waals surface area contributed by atoms with E-state index >= 15 is 0 Å². The van der Waals surface area contributed by atoms with Crippen LogP contribution in [0.3, 0.4) is 0 Å². The van der Waals surface area contributed by atoms with Gasteiger partial charge in [0.2, 0.25) is 11.8 Å². The van der Waals surface area contributed by atoms with Gasteiger partial charge in [-0.25, -0.2) is 18.7 Å². The van der Waals surface area contributed by atoms with E-state index in [2.05, 4.69) is 20.9 Å². The number of hydrogen-bond donors (Lipinski definition) is 0. The van der Waals surface area contributed by atoms with E-state index in [1.807, 2.05) is 6.07 Å². The zero-order chi connectivity index (χ0) is 22.0. The number of amides is 1. The first-order valence-corrected chi connectivity index (χ1v) is 10.2. The quantitative estimate of drug-likeness (QED) is 0.705. The number of nitriles is 1. The van der Waals surface area contributed by atoms with Crippen LogP contribution in [0.4, 0.5) is 14.6 Å². The molecule has 2 atom stereocenters. The molecule has 0 aromatic carbocycles. The average molecular weight is 427 g/mol. The fourth-order valence-electron chi connectivity index (χ4n) is 4.40. The van der Waals surface area contributed by atoms with Gasteiger partial charge in [0, 0.05) is 62.0 Å². The van der Waals surface area contributed by atoms with Crippen LogP contribution in [0.25, 0.3) is 0 Å². The maximum absolute atomic E-state index is 14.6. The Hall–Kier alpha value is -3.28. The van der Waals surface area contributed by atoms with E-state index in [0.29, 0.717) is 18.7 Å². The maximum Gasteiger partial charge on any atom is 0.274 e. The Kier molecular flexibility index (Phi) is 5.72. The van der Waals surface area contributed by atoms with E-state index in [4.69, 9.17) is 10.00 Å². The van der Waals surface area contributed by atoms with Crippen LogP contribution in [-0.4, -0.2) is 53.1 Å². The molecule has 2 aliphatic rings. The molecular formula is C22H23F2N5O2. The van der Waals surface area contributed by atoms with Gasteiger partial charge in [-0.1, -0.05) is 0 Å². The Morgan fingerprint density at radius 2 is 2.00 bits per heavy atom. The first-order valence-electron chi connectivity index (χ1n) is 10.2. The standard InChI is InChI=1S/C22H23F2N5O2/c1-31-20-10-16(7-9-26-20)22(23,24)8-6-21(30)28-13-17-3-4-18(14-28)29(17)19-5-2-15(11-25)12-27-19/h2,5,7,9-10,12,17-18H,3-4,6,8,13-14H2,1H3/t17-,18?/m1/s1. The molecule has 4 heterocycles. The Balaban J connectivity index is 1.38. The highest BCUT2D eigenvalue weighted by Crippen LogP contribution is 2.36. The van der Waals surface area contributed by atoms with E-state index < -0.39 is 12.3 Å². The Labute approximate surface area is 179 Å². The Bertz CT molecular complexity index is 978. The molecule has 2 aliphatic heterocycles. The molecule has 31 heavy (non-hydrogen) atoms. The fourth-order valence-corrected chi connectivity index (χ4v) is 4.40. The van der Waals surface area contributed by atoms with E-state index in [-0.39, 0.29) is 35.9 Å². The smallest absolute Gasteiger partial charge is 0.274 e. The molecule has 4 rings (SSSR count). The van der Waals surface area contributed by atoms with Gasteiger partial charge in [0.05, 0.1) is 12.7 Å². The molecule has 2 aromatic heterocycles. The molecule has 0 N–H and O–H groups in total. The number of likely N-dealkylation sites (tertiary alicyclic amines) is 1. The summed E-state index contributed by atoms with van der Waals surface area (Å²) in [6.07, 6.45) is 3.87. The summed E-state index contributed by atoms with van der Waals surface area (Å²) in [5, 5.41) is 8.95. The van der Waals surface area contributed by atoms with Crippen molar-refractivity contribution in [3.8, 4) is 11.9 Å². The number of anilines is 1. The molecule has 1 amide bonds. The molecule has 1 unspecified atom stereocenters. The van der Waals surface area contributed by atoms with Crippen LogP contribution in [0, 0.1) is 11.3 Å². The largest absolute Gasteiger partial charge is 0.481 e. The number of hydrogen-bond acceptors (Lipinski definition) is 6. The number of methoxy groups -OCH3 is 1. The van der Waals surface area contributed by atoms with Crippen LogP contribution in [0.15, 0.2) is 36.7 Å². The lowest BCUT2D eigenvalue weighted by Gasteiger charge is -2.42. The minimum atomic E-state index is -3.14. The molecule has 2 aromatic rings. The van der Waals surface area contributed by atoms with Crippen LogP contribution < -0.4 is 9.64 Å². The van der Waals surface area contributed by atoms with Gasteiger partial charge in [-0.05, 0) is 31.0 Å². The fraction of sp³-hybridized carbons (Fsp3) is 0.455. The number of piperazine rings is 1. The van der Waals surface area contributed by atoms with Crippen molar-refractivity contribution in [2.24, 2.45) is 0 Å². The molecule has 2 saturated heterocycles. The van der Waals surface area contributed by atoms with Crippen molar-refractivity contribution in [3.63, 3.8) is 0 Å². The van der Waals surface area contributed by atoms with Gasteiger partial charge >= 0.3 is 0 Å². The minimum absolute atomic E-state index is 0.105. The molecule has 2 fully saturated rings. The van der Waals surface area contributed by atoms with Crippen molar-refractivity contribution in [1.29, 1.82) is 5.26 Å². The van der Waals surface area contributed by atoms with Crippen molar-refractivity contribution >= 4 is 11.7 Å². The van der Waals surface area contributed by atoms with E-state index in [0.717, 1.165) is 18.7 Å². The van der Waals surface area contributed by atoms with Crippen molar-refractivity contribution in [2.45, 2.75) is 43.7 Å². The predicted molar refractivity (Wildman–Crippen MR) is 109 cm³/mol. The summed E-state index contributed by atoms with van der Waals surface area (Å²) in [4.78, 5) is 24.9. The van der Waals surface area contributed by atoms with E-state index in [9.17, 15) is 13.6 Å². The van der Waals surface area contributed by atoms with Gasteiger partial charge in [0.25, 0.3) is 5.92 Å². The number of nitrogens with zero attached hydrogens (tertiary/aromatic N) is 5. The second-order valence-corrected chi connectivity index (χ2v) is 7.90. The highest BCUT2D eigenvalue weighted by atomic mass is 19.3. The van der Waals surface area contributed by atoms with Gasteiger partial charge in [0.1, 0.15) is 11.9 Å². The van der Waals surface area contributed by atoms with Crippen LogP contribution in [0.1, 0.15) is 36.8 Å². The number of aromatic nitrogens is 2. The zero-order valence-corrected chi connectivity index (χ0v) is 17.2. The SMILES string of the molecule is COc1cc(C(F)(F)CCC(=O)N2CC3CC[C@H](C2)N3c2ccc(C#N)cn2)ccn1. The van der Waals surface area contributed by atoms with Crippen molar-refractivity contribution < 1.29 is 18.3 Å². The van der Waals surface area contributed by atoms with Gasteiger partial charge in [0.15, 0.2) is 0 Å². The van der Waals surface area contributed by atoms with Crippen LogP contribution in [-0.2, 0) is 10.7 Å². The third kappa shape index (κ3) is 4.29. The van der Waals surface area contributed by atoms with E-state index in [1.54, 1.807) is 17.2 Å². The highest BCUT2D eigenvalue weighted by Gasteiger charge is 2.42. The molecule has 2 bridgehead atoms. The van der Waals surface area contributed by atoms with Gasteiger partial charge in [-0.15, -0.1) is 0 Å². The van der Waals surface area contributed by atoms with Crippen LogP contribution >= 0.6 is 0 Å². The number of halogens is 2. The van der Waals surface area contributed by atoms with Crippen LogP contribution in [0.5, 0.6) is 5.88 Å². The van der Waals surface area contributed by atoms with Gasteiger partial charge in [-0.2, -0.15) is 5.26 Å². The summed E-state index contributed by atoms with van der Waals surface area (Å²) in [5.41, 5.74) is 0.293. The first-order chi connectivity index (χ1) is 14.9. The van der Waals surface area contributed by atoms with Crippen molar-refractivity contribution in [1.82, 2.24) is 14.9 Å². The molecule has 7 nitrogen and oxygen atoms in total. The Morgan fingerprint density at radius 1 is 1.26 bits per heavy atom. The number of pyridine rings is 2. The Morgan fingerprint density at radius 3 is 2.61 bits per heavy atom. The predicted octanol–water partition coefficient (Wildman–Crippen LogP) is 3.11. The minimum Gasteiger partial charge on any atom is -0.481 e. The maximum atomic E-state index is 14.6. The van der Waals surface area contributed by atoms with Gasteiger partial charge in [-0.3, -0.25) is 4.79 Å². The molecule has 0 spiro atoms.